The second-order valence-corrected chi connectivity index (χ2v) is 5.91. The normalized spacial score (nSPS) is 12.6. The maximum atomic E-state index is 9.88. The lowest BCUT2D eigenvalue weighted by molar-refractivity contribution is 0.0694. The van der Waals surface area contributed by atoms with Crippen molar-refractivity contribution in [2.45, 2.75) is 19.4 Å². The Kier molecular flexibility index (Phi) is 5.29. The Balaban J connectivity index is 2.37. The molecule has 7 nitrogen and oxygen atoms in total. The molecule has 21 heavy (non-hydrogen) atoms. The Morgan fingerprint density at radius 3 is 2.90 bits per heavy atom. The van der Waals surface area contributed by atoms with Gasteiger partial charge in [0, 0.05) is 25.6 Å². The van der Waals surface area contributed by atoms with E-state index in [1.54, 1.807) is 18.4 Å². The summed E-state index contributed by atoms with van der Waals surface area (Å²) in [6.07, 6.45) is 0.366. The third-order valence-electron chi connectivity index (χ3n) is 3.11. The molecule has 0 aromatic carbocycles. The first-order valence-corrected chi connectivity index (χ1v) is 7.55. The number of fused-ring (bicyclic) bond motifs is 1. The maximum Gasteiger partial charge on any atom is 0.240 e. The van der Waals surface area contributed by atoms with E-state index < -0.39 is 6.10 Å². The Bertz CT molecular complexity index is 604. The summed E-state index contributed by atoms with van der Waals surface area (Å²) in [5.41, 5.74) is 2.49. The fourth-order valence-electron chi connectivity index (χ4n) is 2.13. The molecule has 1 atom stereocenters. The number of nitrogens with zero attached hydrogens (tertiary/aromatic N) is 3. The van der Waals surface area contributed by atoms with Gasteiger partial charge in [-0.15, -0.1) is 11.3 Å². The standard InChI is InChI=1S/C13H21N5O2S/c1-4-9-5-10-11(18(2)6-8(19)7-20-3)15-13(17-14)16-12(10)21-9/h5,8,19H,4,6-7,14H2,1-3H3,(H,15,16,17). The minimum absolute atomic E-state index is 0.282. The number of aliphatic hydroxyl groups excluding tert-OH is 1. The van der Waals surface area contributed by atoms with Crippen molar-refractivity contribution in [2.24, 2.45) is 5.84 Å². The van der Waals surface area contributed by atoms with E-state index in [0.717, 1.165) is 22.5 Å². The van der Waals surface area contributed by atoms with Crippen LogP contribution < -0.4 is 16.2 Å². The molecule has 2 heterocycles. The Morgan fingerprint density at radius 1 is 1.52 bits per heavy atom. The van der Waals surface area contributed by atoms with E-state index in [-0.39, 0.29) is 6.61 Å². The second-order valence-electron chi connectivity index (χ2n) is 4.79. The molecule has 1 unspecified atom stereocenters. The van der Waals surface area contributed by atoms with Gasteiger partial charge in [0.15, 0.2) is 0 Å². The highest BCUT2D eigenvalue weighted by Gasteiger charge is 2.16. The lowest BCUT2D eigenvalue weighted by atomic mass is 10.2. The minimum atomic E-state index is -0.580. The van der Waals surface area contributed by atoms with Gasteiger partial charge in [-0.05, 0) is 12.5 Å². The summed E-state index contributed by atoms with van der Waals surface area (Å²) in [5.74, 6) is 6.56. The molecule has 2 rings (SSSR count). The summed E-state index contributed by atoms with van der Waals surface area (Å²) in [4.78, 5) is 12.8. The summed E-state index contributed by atoms with van der Waals surface area (Å²) >= 11 is 1.63. The second kappa shape index (κ2) is 6.99. The number of aliphatic hydroxyl groups is 1. The van der Waals surface area contributed by atoms with Crippen LogP contribution in [0.3, 0.4) is 0 Å². The van der Waals surface area contributed by atoms with Gasteiger partial charge in [0.25, 0.3) is 0 Å². The van der Waals surface area contributed by atoms with Crippen LogP contribution in [0.1, 0.15) is 11.8 Å². The number of nitrogens with one attached hydrogen (secondary N) is 1. The zero-order valence-corrected chi connectivity index (χ0v) is 13.3. The predicted molar refractivity (Wildman–Crippen MR) is 85.8 cm³/mol. The lowest BCUT2D eigenvalue weighted by Crippen LogP contribution is -2.32. The number of methoxy groups -OCH3 is 1. The predicted octanol–water partition coefficient (Wildman–Crippen LogP) is 0.983. The number of aryl methyl sites for hydroxylation is 1. The number of thiophene rings is 1. The fourth-order valence-corrected chi connectivity index (χ4v) is 3.10. The van der Waals surface area contributed by atoms with E-state index in [4.69, 9.17) is 10.6 Å². The molecule has 4 N–H and O–H groups in total. The van der Waals surface area contributed by atoms with Crippen molar-refractivity contribution < 1.29 is 9.84 Å². The molecule has 0 aliphatic rings. The van der Waals surface area contributed by atoms with Gasteiger partial charge in [-0.2, -0.15) is 4.98 Å². The van der Waals surface area contributed by atoms with Crippen LogP contribution in [-0.4, -0.2) is 48.5 Å². The zero-order chi connectivity index (χ0) is 15.4. The van der Waals surface area contributed by atoms with Crippen LogP contribution in [0.2, 0.25) is 0 Å². The topological polar surface area (TPSA) is 96.5 Å². The molecule has 0 aliphatic heterocycles. The highest BCUT2D eigenvalue weighted by atomic mass is 32.1. The largest absolute Gasteiger partial charge is 0.389 e. The summed E-state index contributed by atoms with van der Waals surface area (Å²) < 4.78 is 4.95. The van der Waals surface area contributed by atoms with Crippen LogP contribution in [0.25, 0.3) is 10.2 Å². The van der Waals surface area contributed by atoms with Gasteiger partial charge in [-0.25, -0.2) is 10.8 Å². The molecule has 0 spiro atoms. The van der Waals surface area contributed by atoms with Crippen molar-refractivity contribution in [1.82, 2.24) is 9.97 Å². The molecule has 0 amide bonds. The monoisotopic (exact) mass is 311 g/mol. The van der Waals surface area contributed by atoms with Crippen molar-refractivity contribution in [3.05, 3.63) is 10.9 Å². The SMILES string of the molecule is CCc1cc2c(N(C)CC(O)COC)nc(NN)nc2s1. The van der Waals surface area contributed by atoms with Gasteiger partial charge in [0.2, 0.25) is 5.95 Å². The molecular formula is C13H21N5O2S. The van der Waals surface area contributed by atoms with Crippen LogP contribution in [0.5, 0.6) is 0 Å². The van der Waals surface area contributed by atoms with Gasteiger partial charge in [0.1, 0.15) is 10.6 Å². The van der Waals surface area contributed by atoms with Crippen molar-refractivity contribution >= 4 is 33.3 Å². The summed E-state index contributed by atoms with van der Waals surface area (Å²) in [6.45, 7) is 2.80. The molecule has 116 valence electrons. The first-order valence-electron chi connectivity index (χ1n) is 6.74. The number of likely N-dealkylation sites (N-methyl/N-ethyl adjacent to an activating group) is 1. The molecule has 0 saturated carbocycles. The van der Waals surface area contributed by atoms with Crippen molar-refractivity contribution in [3.8, 4) is 0 Å². The quantitative estimate of drug-likeness (QED) is 0.518. The molecule has 2 aromatic heterocycles. The minimum Gasteiger partial charge on any atom is -0.389 e. The van der Waals surface area contributed by atoms with Gasteiger partial charge in [0.05, 0.1) is 18.1 Å². The number of nitrogens with two attached hydrogens (primary N) is 1. The van der Waals surface area contributed by atoms with E-state index >= 15 is 0 Å². The van der Waals surface area contributed by atoms with Crippen LogP contribution in [0.4, 0.5) is 11.8 Å². The smallest absolute Gasteiger partial charge is 0.240 e. The van der Waals surface area contributed by atoms with Crippen LogP contribution in [-0.2, 0) is 11.2 Å². The summed E-state index contributed by atoms with van der Waals surface area (Å²) in [5, 5.41) is 10.9. The van der Waals surface area contributed by atoms with E-state index in [0.29, 0.717) is 12.5 Å². The molecule has 0 bridgehead atoms. The number of hydrogen-bond donors (Lipinski definition) is 3. The zero-order valence-electron chi connectivity index (χ0n) is 12.5. The molecule has 0 fully saturated rings. The number of rotatable bonds is 7. The highest BCUT2D eigenvalue weighted by Crippen LogP contribution is 2.31. The number of ether oxygens (including phenoxy) is 1. The first kappa shape index (κ1) is 15.9. The Hall–Kier alpha value is -1.48. The number of hydrogen-bond acceptors (Lipinski definition) is 8. The van der Waals surface area contributed by atoms with E-state index in [2.05, 4.69) is 28.4 Å². The van der Waals surface area contributed by atoms with Gasteiger partial charge < -0.3 is 14.7 Å². The molecule has 0 saturated heterocycles. The fraction of sp³-hybridized carbons (Fsp3) is 0.538. The average Bonchev–Trinajstić information content (AvgIpc) is 2.89. The molecule has 8 heteroatoms. The maximum absolute atomic E-state index is 9.88. The lowest BCUT2D eigenvalue weighted by Gasteiger charge is -2.22. The number of nitrogen functional groups attached to an aromatic ring is 1. The Labute approximate surface area is 127 Å². The summed E-state index contributed by atoms with van der Waals surface area (Å²) in [6, 6.07) is 2.09. The highest BCUT2D eigenvalue weighted by molar-refractivity contribution is 7.18. The number of aromatic nitrogens is 2. The van der Waals surface area contributed by atoms with Gasteiger partial charge in [-0.3, -0.25) is 5.43 Å². The Morgan fingerprint density at radius 2 is 2.29 bits per heavy atom. The van der Waals surface area contributed by atoms with Gasteiger partial charge >= 0.3 is 0 Å². The van der Waals surface area contributed by atoms with E-state index in [9.17, 15) is 5.11 Å². The number of anilines is 2. The molecule has 2 aromatic rings. The van der Waals surface area contributed by atoms with Crippen LogP contribution in [0, 0.1) is 0 Å². The van der Waals surface area contributed by atoms with Crippen molar-refractivity contribution in [2.75, 3.05) is 37.6 Å². The molecular weight excluding hydrogens is 290 g/mol. The van der Waals surface area contributed by atoms with Crippen molar-refractivity contribution in [3.63, 3.8) is 0 Å². The summed E-state index contributed by atoms with van der Waals surface area (Å²) in [7, 11) is 3.44. The van der Waals surface area contributed by atoms with E-state index in [1.807, 2.05) is 11.9 Å². The van der Waals surface area contributed by atoms with Crippen LogP contribution >= 0.6 is 11.3 Å². The molecule has 0 aliphatic carbocycles. The molecule has 0 radical (unpaired) electrons. The van der Waals surface area contributed by atoms with Crippen LogP contribution in [0.15, 0.2) is 6.07 Å². The van der Waals surface area contributed by atoms with E-state index in [1.165, 1.54) is 4.88 Å². The van der Waals surface area contributed by atoms with Crippen molar-refractivity contribution in [1.29, 1.82) is 0 Å². The number of hydrazine groups is 1. The third kappa shape index (κ3) is 3.59. The average molecular weight is 311 g/mol. The first-order chi connectivity index (χ1) is 10.1. The third-order valence-corrected chi connectivity index (χ3v) is 4.28. The van der Waals surface area contributed by atoms with Gasteiger partial charge in [-0.1, -0.05) is 6.92 Å².